The lowest BCUT2D eigenvalue weighted by Gasteiger charge is -2.23. The second kappa shape index (κ2) is 4.96. The van der Waals surface area contributed by atoms with Crippen molar-refractivity contribution in [3.8, 4) is 0 Å². The first-order valence-corrected chi connectivity index (χ1v) is 4.67. The number of aliphatic hydroxyl groups excluding tert-OH is 1. The van der Waals surface area contributed by atoms with Crippen molar-refractivity contribution in [3.63, 3.8) is 0 Å². The second-order valence-electron chi connectivity index (χ2n) is 3.44. The van der Waals surface area contributed by atoms with Crippen LogP contribution < -0.4 is 0 Å². The Morgan fingerprint density at radius 1 is 1.69 bits per heavy atom. The molecule has 0 bridgehead atoms. The number of furan rings is 1. The van der Waals surface area contributed by atoms with Crippen LogP contribution in [-0.4, -0.2) is 29.9 Å². The number of rotatable bonds is 5. The van der Waals surface area contributed by atoms with E-state index in [9.17, 15) is 9.90 Å². The molecule has 0 saturated carbocycles. The third-order valence-electron chi connectivity index (χ3n) is 2.22. The molecule has 0 aliphatic carbocycles. The Morgan fingerprint density at radius 2 is 2.38 bits per heavy atom. The lowest BCUT2D eigenvalue weighted by Crippen LogP contribution is -2.31. The SMILES string of the molecule is C=C(CC(O)(CO)c1ccco1)C(=O)OC. The predicted molar refractivity (Wildman–Crippen MR) is 55.5 cm³/mol. The first-order chi connectivity index (χ1) is 7.53. The van der Waals surface area contributed by atoms with Crippen LogP contribution in [0.25, 0.3) is 0 Å². The van der Waals surface area contributed by atoms with Gasteiger partial charge in [0.15, 0.2) is 0 Å². The van der Waals surface area contributed by atoms with E-state index < -0.39 is 18.2 Å². The Hall–Kier alpha value is -1.59. The summed E-state index contributed by atoms with van der Waals surface area (Å²) in [6.07, 6.45) is 1.22. The Morgan fingerprint density at radius 3 is 2.81 bits per heavy atom. The number of hydrogen-bond acceptors (Lipinski definition) is 5. The van der Waals surface area contributed by atoms with Crippen molar-refractivity contribution in [2.24, 2.45) is 0 Å². The summed E-state index contributed by atoms with van der Waals surface area (Å²) in [6, 6.07) is 3.09. The molecule has 1 aromatic rings. The molecule has 16 heavy (non-hydrogen) atoms. The molecule has 0 radical (unpaired) electrons. The molecule has 2 N–H and O–H groups in total. The molecule has 88 valence electrons. The van der Waals surface area contributed by atoms with Crippen LogP contribution in [0.4, 0.5) is 0 Å². The van der Waals surface area contributed by atoms with Crippen LogP contribution in [0.1, 0.15) is 12.2 Å². The van der Waals surface area contributed by atoms with Gasteiger partial charge in [-0.05, 0) is 12.1 Å². The Balaban J connectivity index is 2.83. The topological polar surface area (TPSA) is 79.9 Å². The third-order valence-corrected chi connectivity index (χ3v) is 2.22. The van der Waals surface area contributed by atoms with Crippen LogP contribution in [-0.2, 0) is 15.1 Å². The van der Waals surface area contributed by atoms with Crippen LogP contribution in [0.2, 0.25) is 0 Å². The summed E-state index contributed by atoms with van der Waals surface area (Å²) in [5.41, 5.74) is -1.58. The predicted octanol–water partition coefficient (Wildman–Crippen LogP) is 0.579. The van der Waals surface area contributed by atoms with Gasteiger partial charge in [-0.2, -0.15) is 0 Å². The van der Waals surface area contributed by atoms with Crippen molar-refractivity contribution in [2.45, 2.75) is 12.0 Å². The summed E-state index contributed by atoms with van der Waals surface area (Å²) < 4.78 is 9.46. The molecule has 0 amide bonds. The summed E-state index contributed by atoms with van der Waals surface area (Å²) in [5, 5.41) is 19.2. The molecule has 0 saturated heterocycles. The van der Waals surface area contributed by atoms with E-state index in [1.807, 2.05) is 0 Å². The molecule has 1 rings (SSSR count). The van der Waals surface area contributed by atoms with Crippen molar-refractivity contribution in [3.05, 3.63) is 36.3 Å². The first kappa shape index (κ1) is 12.5. The van der Waals surface area contributed by atoms with E-state index in [1.54, 1.807) is 6.07 Å². The van der Waals surface area contributed by atoms with Crippen molar-refractivity contribution in [1.29, 1.82) is 0 Å². The van der Waals surface area contributed by atoms with Crippen molar-refractivity contribution in [2.75, 3.05) is 13.7 Å². The third kappa shape index (κ3) is 2.50. The van der Waals surface area contributed by atoms with Gasteiger partial charge < -0.3 is 19.4 Å². The molecule has 0 fully saturated rings. The van der Waals surface area contributed by atoms with Gasteiger partial charge in [0, 0.05) is 12.0 Å². The van der Waals surface area contributed by atoms with E-state index in [1.165, 1.54) is 19.4 Å². The minimum atomic E-state index is -1.64. The Bertz CT molecular complexity index is 368. The van der Waals surface area contributed by atoms with E-state index >= 15 is 0 Å². The lowest BCUT2D eigenvalue weighted by molar-refractivity contribution is -0.137. The Labute approximate surface area is 93.0 Å². The maximum atomic E-state index is 11.1. The standard InChI is InChI=1S/C11H14O5/c1-8(10(13)15-2)6-11(14,7-12)9-4-3-5-16-9/h3-5,12,14H,1,6-7H2,2H3. The lowest BCUT2D eigenvalue weighted by atomic mass is 9.93. The number of carbonyl (C=O) groups is 1. The minimum absolute atomic E-state index is 0.0652. The van der Waals surface area contributed by atoms with E-state index in [0.717, 1.165) is 0 Å². The van der Waals surface area contributed by atoms with E-state index in [4.69, 9.17) is 9.52 Å². The van der Waals surface area contributed by atoms with Crippen LogP contribution in [0, 0.1) is 0 Å². The Kier molecular flexibility index (Phi) is 3.87. The molecule has 1 aromatic heterocycles. The van der Waals surface area contributed by atoms with Gasteiger partial charge in [0.2, 0.25) is 0 Å². The number of ether oxygens (including phenoxy) is 1. The van der Waals surface area contributed by atoms with Gasteiger partial charge in [0.1, 0.15) is 11.4 Å². The summed E-state index contributed by atoms with van der Waals surface area (Å²) in [6.45, 7) is 2.91. The summed E-state index contributed by atoms with van der Waals surface area (Å²) in [4.78, 5) is 11.1. The smallest absolute Gasteiger partial charge is 0.333 e. The molecular weight excluding hydrogens is 212 g/mol. The van der Waals surface area contributed by atoms with Gasteiger partial charge in [0.05, 0.1) is 20.0 Å². The number of carbonyl (C=O) groups excluding carboxylic acids is 1. The molecule has 0 aromatic carbocycles. The fourth-order valence-electron chi connectivity index (χ4n) is 1.33. The normalized spacial score (nSPS) is 14.2. The quantitative estimate of drug-likeness (QED) is 0.567. The molecule has 1 atom stereocenters. The van der Waals surface area contributed by atoms with E-state index in [2.05, 4.69) is 11.3 Å². The largest absolute Gasteiger partial charge is 0.466 e. The van der Waals surface area contributed by atoms with Crippen molar-refractivity contribution in [1.82, 2.24) is 0 Å². The summed E-state index contributed by atoms with van der Waals surface area (Å²) in [7, 11) is 1.22. The first-order valence-electron chi connectivity index (χ1n) is 4.67. The zero-order valence-corrected chi connectivity index (χ0v) is 8.97. The number of aliphatic hydroxyl groups is 2. The zero-order valence-electron chi connectivity index (χ0n) is 8.97. The number of esters is 1. The van der Waals surface area contributed by atoms with Gasteiger partial charge in [-0.25, -0.2) is 4.79 Å². The molecule has 0 aliphatic rings. The summed E-state index contributed by atoms with van der Waals surface area (Å²) in [5.74, 6) is -0.446. The summed E-state index contributed by atoms with van der Waals surface area (Å²) >= 11 is 0. The molecule has 5 nitrogen and oxygen atoms in total. The fourth-order valence-corrected chi connectivity index (χ4v) is 1.33. The van der Waals surface area contributed by atoms with Gasteiger partial charge >= 0.3 is 5.97 Å². The van der Waals surface area contributed by atoms with Crippen molar-refractivity contribution < 1.29 is 24.2 Å². The highest BCUT2D eigenvalue weighted by Crippen LogP contribution is 2.28. The average Bonchev–Trinajstić information content (AvgIpc) is 2.81. The van der Waals surface area contributed by atoms with Crippen molar-refractivity contribution >= 4 is 5.97 Å². The number of methoxy groups -OCH3 is 1. The number of hydrogen-bond donors (Lipinski definition) is 2. The minimum Gasteiger partial charge on any atom is -0.466 e. The van der Waals surface area contributed by atoms with Gasteiger partial charge in [0.25, 0.3) is 0 Å². The molecule has 0 spiro atoms. The maximum absolute atomic E-state index is 11.1. The average molecular weight is 226 g/mol. The van der Waals surface area contributed by atoms with E-state index in [-0.39, 0.29) is 17.8 Å². The maximum Gasteiger partial charge on any atom is 0.333 e. The molecule has 1 unspecified atom stereocenters. The van der Waals surface area contributed by atoms with Crippen LogP contribution in [0.3, 0.4) is 0 Å². The van der Waals surface area contributed by atoms with Gasteiger partial charge in [-0.3, -0.25) is 0 Å². The molecule has 0 aliphatic heterocycles. The highest BCUT2D eigenvalue weighted by atomic mass is 16.5. The highest BCUT2D eigenvalue weighted by molar-refractivity contribution is 5.87. The zero-order chi connectivity index (χ0) is 12.2. The highest BCUT2D eigenvalue weighted by Gasteiger charge is 2.33. The van der Waals surface area contributed by atoms with Crippen LogP contribution in [0.5, 0.6) is 0 Å². The monoisotopic (exact) mass is 226 g/mol. The second-order valence-corrected chi connectivity index (χ2v) is 3.44. The molecular formula is C11H14O5. The van der Waals surface area contributed by atoms with E-state index in [0.29, 0.717) is 0 Å². The molecule has 5 heteroatoms. The van der Waals surface area contributed by atoms with Gasteiger partial charge in [-0.15, -0.1) is 0 Å². The fraction of sp³-hybridized carbons (Fsp3) is 0.364. The van der Waals surface area contributed by atoms with Gasteiger partial charge in [-0.1, -0.05) is 6.58 Å². The molecule has 1 heterocycles. The van der Waals surface area contributed by atoms with Crippen LogP contribution in [0.15, 0.2) is 35.0 Å². The van der Waals surface area contributed by atoms with Crippen LogP contribution >= 0.6 is 0 Å².